The van der Waals surface area contributed by atoms with Gasteiger partial charge in [-0.05, 0) is 55.2 Å². The molecule has 2 aliphatic rings. The molecule has 4 aromatic carbocycles. The molecule has 0 fully saturated rings. The first-order valence-electron chi connectivity index (χ1n) is 15.3. The van der Waals surface area contributed by atoms with Crippen LogP contribution in [0, 0.1) is 37.8 Å². The van der Waals surface area contributed by atoms with Gasteiger partial charge in [0.15, 0.2) is 0 Å². The third kappa shape index (κ3) is 11.6. The second-order valence-electron chi connectivity index (χ2n) is 12.0. The molecule has 6 rings (SSSR count). The van der Waals surface area contributed by atoms with Crippen LogP contribution in [-0.4, -0.2) is 3.21 Å². The van der Waals surface area contributed by atoms with Crippen LogP contribution in [0.4, 0.5) is 0 Å². The number of fused-ring (bicyclic) bond motifs is 3. The van der Waals surface area contributed by atoms with E-state index >= 15 is 0 Å². The first-order chi connectivity index (χ1) is 20.3. The molecule has 3 heteroatoms. The van der Waals surface area contributed by atoms with Crippen LogP contribution in [-0.2, 0) is 49.9 Å². The Hall–Kier alpha value is -2.31. The van der Waals surface area contributed by atoms with Crippen molar-refractivity contribution in [1.29, 1.82) is 0 Å². The van der Waals surface area contributed by atoms with Crippen LogP contribution in [0.1, 0.15) is 66.1 Å². The molecule has 228 valence electrons. The van der Waals surface area contributed by atoms with Crippen LogP contribution in [0.15, 0.2) is 103 Å². The van der Waals surface area contributed by atoms with E-state index in [0.29, 0.717) is 5.92 Å². The normalized spacial score (nSPS) is 12.5. The van der Waals surface area contributed by atoms with Gasteiger partial charge in [-0.3, -0.25) is 6.08 Å². The van der Waals surface area contributed by atoms with E-state index in [1.54, 1.807) is 27.4 Å². The Morgan fingerprint density at radius 2 is 1.36 bits per heavy atom. The summed E-state index contributed by atoms with van der Waals surface area (Å²) in [7, 11) is 0. The number of aryl methyl sites for hydroxylation is 2. The third-order valence-electron chi connectivity index (χ3n) is 8.25. The molecule has 0 radical (unpaired) electrons. The van der Waals surface area contributed by atoms with Crippen LogP contribution < -0.4 is 24.8 Å². The molecule has 2 aliphatic carbocycles. The Morgan fingerprint density at radius 3 is 1.86 bits per heavy atom. The number of rotatable bonds is 7. The van der Waals surface area contributed by atoms with Gasteiger partial charge in [-0.15, -0.1) is 17.5 Å². The van der Waals surface area contributed by atoms with Crippen molar-refractivity contribution in [2.45, 2.75) is 66.7 Å². The molecule has 4 aromatic rings. The Labute approximate surface area is 294 Å². The van der Waals surface area contributed by atoms with Crippen LogP contribution in [0.2, 0.25) is 0 Å². The van der Waals surface area contributed by atoms with Gasteiger partial charge in [0, 0.05) is 0 Å². The zero-order valence-electron chi connectivity index (χ0n) is 26.8. The molecule has 1 unspecified atom stereocenters. The molecule has 44 heavy (non-hydrogen) atoms. The van der Waals surface area contributed by atoms with Gasteiger partial charge in [0.05, 0.1) is 0 Å². The Balaban J connectivity index is 0.000000260. The van der Waals surface area contributed by atoms with Gasteiger partial charge in [0.1, 0.15) is 0 Å². The monoisotopic (exact) mass is 696 g/mol. The standard InChI is InChI=1S/C21H25.C15H14.C5H5.2ClH.Zr/c1-13(2)14(3)8-17-6-7-20-19(11-17)12-18-9-15(4)16(5)10-21(18)20;1-3-8-14(9-4-1)12-7-13-15-10-5-2-6-11-15;1-2-4-5-3-1;;;/h6-7,9-10,13-14H,8,12H2,1-5H3;1-6,8-11H,12-13H2;1-3H,4H2;2*1H;/q-1;;-1;;;+2/p-2. The van der Waals surface area contributed by atoms with Crippen LogP contribution in [0.5, 0.6) is 0 Å². The first kappa shape index (κ1) is 37.9. The predicted octanol–water partition coefficient (Wildman–Crippen LogP) is 4.01. The number of halogens is 2. The zero-order valence-corrected chi connectivity index (χ0v) is 30.7. The van der Waals surface area contributed by atoms with Gasteiger partial charge in [0.2, 0.25) is 0 Å². The summed E-state index contributed by atoms with van der Waals surface area (Å²) in [4.78, 5) is 0. The molecule has 0 aromatic heterocycles. The summed E-state index contributed by atoms with van der Waals surface area (Å²) in [5, 5.41) is 0. The Kier molecular flexibility index (Phi) is 16.6. The maximum absolute atomic E-state index is 3.70. The molecular formula is C41H44Cl2Zr-2. The molecule has 0 amide bonds. The van der Waals surface area contributed by atoms with Crippen molar-refractivity contribution in [2.24, 2.45) is 11.8 Å². The summed E-state index contributed by atoms with van der Waals surface area (Å²) in [5.41, 5.74) is 12.7. The van der Waals surface area contributed by atoms with E-state index < -0.39 is 0 Å². The zero-order chi connectivity index (χ0) is 29.9. The van der Waals surface area contributed by atoms with E-state index in [9.17, 15) is 0 Å². The minimum absolute atomic E-state index is 0. The van der Waals surface area contributed by atoms with Gasteiger partial charge in [-0.2, -0.15) is 29.8 Å². The number of hydrogen-bond donors (Lipinski definition) is 0. The van der Waals surface area contributed by atoms with Crippen molar-refractivity contribution >= 4 is 3.21 Å². The number of hydrogen-bond acceptors (Lipinski definition) is 0. The summed E-state index contributed by atoms with van der Waals surface area (Å²) in [5.74, 6) is 1.45. The molecule has 0 saturated heterocycles. The predicted molar refractivity (Wildman–Crippen MR) is 178 cm³/mol. The summed E-state index contributed by atoms with van der Waals surface area (Å²) in [6, 6.07) is 34.4. The molecular weight excluding hydrogens is 655 g/mol. The molecule has 1 atom stereocenters. The van der Waals surface area contributed by atoms with Crippen LogP contribution in [0.25, 0.3) is 11.1 Å². The molecule has 0 saturated carbocycles. The SMILES string of the molecule is Cc1cc2c(cc1C)-c1ccc(CC(C)C(C)C)[c-]c1C2.[C-]1=CC=CC1.[Cl-].[Cl-].[Zr+2]=[C](Cc1ccccc1)Cc1ccccc1. The van der Waals surface area contributed by atoms with Crippen molar-refractivity contribution in [1.82, 2.24) is 0 Å². The second-order valence-corrected chi connectivity index (χ2v) is 13.7. The summed E-state index contributed by atoms with van der Waals surface area (Å²) in [6.07, 6.45) is 14.4. The van der Waals surface area contributed by atoms with Crippen molar-refractivity contribution in [3.8, 4) is 11.1 Å². The third-order valence-corrected chi connectivity index (χ3v) is 9.12. The Bertz CT molecular complexity index is 1460. The van der Waals surface area contributed by atoms with Gasteiger partial charge in [-0.25, -0.2) is 12.2 Å². The number of benzene rings is 4. The topological polar surface area (TPSA) is 0 Å². The van der Waals surface area contributed by atoms with E-state index in [0.717, 1.165) is 38.0 Å². The van der Waals surface area contributed by atoms with Crippen molar-refractivity contribution in [3.63, 3.8) is 0 Å². The molecule has 0 N–H and O–H groups in total. The molecule has 0 spiro atoms. The van der Waals surface area contributed by atoms with Gasteiger partial charge < -0.3 is 24.8 Å². The fraction of sp³-hybridized carbons (Fsp3) is 0.293. The van der Waals surface area contributed by atoms with E-state index in [-0.39, 0.29) is 24.8 Å². The summed E-state index contributed by atoms with van der Waals surface area (Å²) < 4.78 is 1.60. The molecule has 0 bridgehead atoms. The maximum atomic E-state index is 3.70. The van der Waals surface area contributed by atoms with E-state index in [4.69, 9.17) is 0 Å². The molecule has 0 nitrogen and oxygen atoms in total. The fourth-order valence-corrected chi connectivity index (χ4v) is 6.23. The number of allylic oxidation sites excluding steroid dienone is 4. The van der Waals surface area contributed by atoms with Crippen molar-refractivity contribution in [2.75, 3.05) is 0 Å². The fourth-order valence-electron chi connectivity index (χ4n) is 5.23. The quantitative estimate of drug-likeness (QED) is 0.226. The molecule has 0 heterocycles. The summed E-state index contributed by atoms with van der Waals surface area (Å²) in [6.45, 7) is 11.4. The van der Waals surface area contributed by atoms with Gasteiger partial charge in [-0.1, -0.05) is 38.5 Å². The van der Waals surface area contributed by atoms with Crippen LogP contribution >= 0.6 is 0 Å². The second kappa shape index (κ2) is 19.3. The van der Waals surface area contributed by atoms with Gasteiger partial charge in [0.25, 0.3) is 0 Å². The van der Waals surface area contributed by atoms with Crippen LogP contribution in [0.3, 0.4) is 0 Å². The van der Waals surface area contributed by atoms with Gasteiger partial charge >= 0.3 is 112 Å². The average Bonchev–Trinajstić information content (AvgIpc) is 3.67. The van der Waals surface area contributed by atoms with E-state index in [1.165, 1.54) is 50.1 Å². The average molecular weight is 699 g/mol. The Morgan fingerprint density at radius 1 is 0.773 bits per heavy atom. The minimum atomic E-state index is 0. The van der Waals surface area contributed by atoms with E-state index in [1.807, 2.05) is 12.2 Å². The van der Waals surface area contributed by atoms with E-state index in [2.05, 4.69) is 138 Å². The first-order valence-corrected chi connectivity index (χ1v) is 16.5. The van der Waals surface area contributed by atoms with Crippen molar-refractivity contribution in [3.05, 3.63) is 154 Å². The molecule has 0 aliphatic heterocycles. The summed E-state index contributed by atoms with van der Waals surface area (Å²) >= 11 is 1.55. The van der Waals surface area contributed by atoms with Crippen molar-refractivity contribution < 1.29 is 49.0 Å².